The molecule has 0 aromatic heterocycles. The minimum absolute atomic E-state index is 0.685. The van der Waals surface area contributed by atoms with Gasteiger partial charge in [0.25, 0.3) is 0 Å². The van der Waals surface area contributed by atoms with Gasteiger partial charge < -0.3 is 19.1 Å². The lowest BCUT2D eigenvalue weighted by Gasteiger charge is -2.14. The molecule has 1 N–H and O–H groups in total. The Balaban J connectivity index is 2.50. The van der Waals surface area contributed by atoms with Crippen LogP contribution in [0.1, 0.15) is 12.8 Å². The van der Waals surface area contributed by atoms with Crippen LogP contribution in [0.15, 0.2) is 18.2 Å². The maximum absolute atomic E-state index is 5.77. The summed E-state index contributed by atoms with van der Waals surface area (Å²) in [5, 5.41) is 0. The Hall–Kier alpha value is -1.42. The molecule has 1 rings (SSSR count). The number of rotatable bonds is 8. The zero-order valence-electron chi connectivity index (χ0n) is 11.8. The first-order valence-electron chi connectivity index (χ1n) is 6.32. The lowest BCUT2D eigenvalue weighted by atomic mass is 10.3. The second kappa shape index (κ2) is 7.82. The molecule has 0 aliphatic rings. The van der Waals surface area contributed by atoms with E-state index in [2.05, 4.69) is 14.1 Å². The molecule has 0 saturated heterocycles. The van der Waals surface area contributed by atoms with E-state index in [-0.39, 0.29) is 0 Å². The standard InChI is InChI=1S/C14H23NO3/c1-15(2)10-5-6-11-18-14-12(16-3)8-7-9-13(14)17-4/h7-9H,5-6,10-11H2,1-4H3/p+1. The molecule has 0 saturated carbocycles. The van der Waals surface area contributed by atoms with Gasteiger partial charge in [-0.15, -0.1) is 0 Å². The van der Waals surface area contributed by atoms with Crippen molar-refractivity contribution in [3.8, 4) is 17.2 Å². The van der Waals surface area contributed by atoms with Crippen LogP contribution in [0.2, 0.25) is 0 Å². The quantitative estimate of drug-likeness (QED) is 0.703. The predicted molar refractivity (Wildman–Crippen MR) is 72.0 cm³/mol. The van der Waals surface area contributed by atoms with Gasteiger partial charge in [-0.2, -0.15) is 0 Å². The first-order chi connectivity index (χ1) is 8.69. The Bertz CT molecular complexity index is 331. The molecule has 102 valence electrons. The molecule has 1 aromatic rings. The van der Waals surface area contributed by atoms with Crippen molar-refractivity contribution >= 4 is 0 Å². The fraction of sp³-hybridized carbons (Fsp3) is 0.571. The maximum atomic E-state index is 5.77. The molecule has 1 aromatic carbocycles. The topological polar surface area (TPSA) is 32.1 Å². The molecule has 0 amide bonds. The van der Waals surface area contributed by atoms with Gasteiger partial charge in [0.15, 0.2) is 11.5 Å². The van der Waals surface area contributed by atoms with Gasteiger partial charge >= 0.3 is 0 Å². The van der Waals surface area contributed by atoms with Crippen LogP contribution >= 0.6 is 0 Å². The van der Waals surface area contributed by atoms with Gasteiger partial charge in [-0.1, -0.05) is 6.07 Å². The molecule has 4 nitrogen and oxygen atoms in total. The van der Waals surface area contributed by atoms with E-state index < -0.39 is 0 Å². The third-order valence-electron chi connectivity index (χ3n) is 2.70. The van der Waals surface area contributed by atoms with Gasteiger partial charge in [-0.3, -0.25) is 0 Å². The van der Waals surface area contributed by atoms with E-state index in [1.165, 1.54) is 4.90 Å². The van der Waals surface area contributed by atoms with E-state index in [9.17, 15) is 0 Å². The molecule has 0 radical (unpaired) electrons. The number of unbranched alkanes of at least 4 members (excludes halogenated alkanes) is 1. The summed E-state index contributed by atoms with van der Waals surface area (Å²) in [6, 6.07) is 5.64. The zero-order chi connectivity index (χ0) is 13.4. The van der Waals surface area contributed by atoms with Crippen LogP contribution in [0.5, 0.6) is 17.2 Å². The number of ether oxygens (including phenoxy) is 3. The van der Waals surface area contributed by atoms with Crippen molar-refractivity contribution in [1.82, 2.24) is 0 Å². The van der Waals surface area contributed by atoms with Crippen molar-refractivity contribution in [2.45, 2.75) is 12.8 Å². The number of nitrogens with one attached hydrogen (secondary N) is 1. The summed E-state index contributed by atoms with van der Waals surface area (Å²) >= 11 is 0. The third kappa shape index (κ3) is 4.45. The van der Waals surface area contributed by atoms with Crippen LogP contribution < -0.4 is 19.1 Å². The summed E-state index contributed by atoms with van der Waals surface area (Å²) in [4.78, 5) is 1.46. The zero-order valence-corrected chi connectivity index (χ0v) is 11.8. The average Bonchev–Trinajstić information content (AvgIpc) is 2.37. The SMILES string of the molecule is COc1cccc(OC)c1OCCCC[NH+](C)C. The summed E-state index contributed by atoms with van der Waals surface area (Å²) in [6.45, 7) is 1.84. The highest BCUT2D eigenvalue weighted by atomic mass is 16.5. The van der Waals surface area contributed by atoms with Crippen molar-refractivity contribution in [3.63, 3.8) is 0 Å². The molecule has 4 heteroatoms. The van der Waals surface area contributed by atoms with Gasteiger partial charge in [-0.25, -0.2) is 0 Å². The highest BCUT2D eigenvalue weighted by Gasteiger charge is 2.10. The Morgan fingerprint density at radius 1 is 1.00 bits per heavy atom. The number of hydrogen-bond acceptors (Lipinski definition) is 3. The van der Waals surface area contributed by atoms with Crippen LogP contribution in [0.4, 0.5) is 0 Å². The molecule has 0 bridgehead atoms. The Morgan fingerprint density at radius 3 is 2.11 bits per heavy atom. The number of methoxy groups -OCH3 is 2. The number of hydrogen-bond donors (Lipinski definition) is 1. The summed E-state index contributed by atoms with van der Waals surface area (Å²) in [6.07, 6.45) is 2.19. The minimum Gasteiger partial charge on any atom is -0.493 e. The van der Waals surface area contributed by atoms with E-state index in [0.717, 1.165) is 19.4 Å². The monoisotopic (exact) mass is 254 g/mol. The first-order valence-corrected chi connectivity index (χ1v) is 6.32. The summed E-state index contributed by atoms with van der Waals surface area (Å²) in [5.74, 6) is 2.12. The summed E-state index contributed by atoms with van der Waals surface area (Å²) in [5.41, 5.74) is 0. The largest absolute Gasteiger partial charge is 0.493 e. The van der Waals surface area contributed by atoms with Crippen molar-refractivity contribution in [3.05, 3.63) is 18.2 Å². The van der Waals surface area contributed by atoms with Crippen LogP contribution in [0.25, 0.3) is 0 Å². The lowest BCUT2D eigenvalue weighted by Crippen LogP contribution is -3.05. The van der Waals surface area contributed by atoms with Crippen molar-refractivity contribution in [2.75, 3.05) is 41.5 Å². The fourth-order valence-corrected chi connectivity index (χ4v) is 1.71. The van der Waals surface area contributed by atoms with E-state index >= 15 is 0 Å². The van der Waals surface area contributed by atoms with Crippen LogP contribution in [-0.2, 0) is 0 Å². The first kappa shape index (κ1) is 14.6. The smallest absolute Gasteiger partial charge is 0.203 e. The second-order valence-corrected chi connectivity index (χ2v) is 4.50. The molecule has 0 aliphatic heterocycles. The molecular formula is C14H24NO3+. The Labute approximate surface area is 109 Å². The van der Waals surface area contributed by atoms with E-state index in [4.69, 9.17) is 14.2 Å². The van der Waals surface area contributed by atoms with E-state index in [0.29, 0.717) is 23.9 Å². The molecule has 0 unspecified atom stereocenters. The predicted octanol–water partition coefficient (Wildman–Crippen LogP) is 1.01. The van der Waals surface area contributed by atoms with E-state index in [1.807, 2.05) is 18.2 Å². The van der Waals surface area contributed by atoms with Gasteiger partial charge in [0.1, 0.15) is 0 Å². The van der Waals surface area contributed by atoms with Crippen molar-refractivity contribution in [2.24, 2.45) is 0 Å². The minimum atomic E-state index is 0.685. The summed E-state index contributed by atoms with van der Waals surface area (Å²) < 4.78 is 16.3. The fourth-order valence-electron chi connectivity index (χ4n) is 1.71. The number of para-hydroxylation sites is 1. The second-order valence-electron chi connectivity index (χ2n) is 4.50. The highest BCUT2D eigenvalue weighted by molar-refractivity contribution is 5.51. The van der Waals surface area contributed by atoms with Gasteiger partial charge in [0.05, 0.1) is 41.5 Å². The summed E-state index contributed by atoms with van der Waals surface area (Å²) in [7, 11) is 7.59. The highest BCUT2D eigenvalue weighted by Crippen LogP contribution is 2.36. The Kier molecular flexibility index (Phi) is 6.36. The molecule has 0 fully saturated rings. The van der Waals surface area contributed by atoms with Gasteiger partial charge in [-0.05, 0) is 25.0 Å². The third-order valence-corrected chi connectivity index (χ3v) is 2.70. The molecule has 0 atom stereocenters. The normalized spacial score (nSPS) is 10.5. The molecule has 0 heterocycles. The number of quaternary nitrogens is 1. The van der Waals surface area contributed by atoms with Crippen LogP contribution in [-0.4, -0.2) is 41.5 Å². The van der Waals surface area contributed by atoms with Crippen molar-refractivity contribution in [1.29, 1.82) is 0 Å². The van der Waals surface area contributed by atoms with Gasteiger partial charge in [0, 0.05) is 0 Å². The van der Waals surface area contributed by atoms with Crippen LogP contribution in [0.3, 0.4) is 0 Å². The lowest BCUT2D eigenvalue weighted by molar-refractivity contribution is -0.858. The molecule has 18 heavy (non-hydrogen) atoms. The molecule has 0 aliphatic carbocycles. The van der Waals surface area contributed by atoms with Crippen LogP contribution in [0, 0.1) is 0 Å². The van der Waals surface area contributed by atoms with Crippen molar-refractivity contribution < 1.29 is 19.1 Å². The maximum Gasteiger partial charge on any atom is 0.203 e. The Morgan fingerprint density at radius 2 is 1.61 bits per heavy atom. The number of benzene rings is 1. The molecular weight excluding hydrogens is 230 g/mol. The van der Waals surface area contributed by atoms with Gasteiger partial charge in [0.2, 0.25) is 5.75 Å². The average molecular weight is 254 g/mol. The van der Waals surface area contributed by atoms with E-state index in [1.54, 1.807) is 14.2 Å². The molecule has 0 spiro atoms.